The highest BCUT2D eigenvalue weighted by Crippen LogP contribution is 2.46. The van der Waals surface area contributed by atoms with E-state index >= 15 is 0 Å². The van der Waals surface area contributed by atoms with Crippen LogP contribution >= 0.6 is 11.3 Å². The first-order chi connectivity index (χ1) is 23.6. The Bertz CT molecular complexity index is 1860. The topological polar surface area (TPSA) is 156 Å². The van der Waals surface area contributed by atoms with E-state index < -0.39 is 50.8 Å². The number of anilines is 1. The molecule has 14 heteroatoms. The van der Waals surface area contributed by atoms with Gasteiger partial charge in [0.2, 0.25) is 21.8 Å². The van der Waals surface area contributed by atoms with Gasteiger partial charge in [-0.05, 0) is 68.9 Å². The highest BCUT2D eigenvalue weighted by Gasteiger charge is 2.62. The molecular weight excluding hydrogens is 667 g/mol. The molecule has 12 nitrogen and oxygen atoms in total. The summed E-state index contributed by atoms with van der Waals surface area (Å²) in [5, 5.41) is 6.16. The normalized spacial score (nSPS) is 27.7. The summed E-state index contributed by atoms with van der Waals surface area (Å²) in [4.78, 5) is 48.5. The van der Waals surface area contributed by atoms with Crippen molar-refractivity contribution >= 4 is 55.0 Å². The van der Waals surface area contributed by atoms with Crippen molar-refractivity contribution in [3.8, 4) is 10.9 Å². The van der Waals surface area contributed by atoms with Crippen molar-refractivity contribution in [2.75, 3.05) is 19.0 Å². The number of sulfonamides is 1. The molecule has 2 aliphatic carbocycles. The van der Waals surface area contributed by atoms with Crippen molar-refractivity contribution in [2.24, 2.45) is 5.92 Å². The Labute approximate surface area is 289 Å². The number of thiazole rings is 1. The minimum absolute atomic E-state index is 0.141. The number of fused-ring (bicyclic) bond motifs is 3. The maximum absolute atomic E-state index is 14.4. The second kappa shape index (κ2) is 13.6. The Kier molecular flexibility index (Phi) is 9.27. The first-order valence-electron chi connectivity index (χ1n) is 16.9. The number of amides is 3. The number of nitrogens with zero attached hydrogens (tertiary/aromatic N) is 2. The average molecular weight is 708 g/mol. The quantitative estimate of drug-likeness (QED) is 0.293. The molecule has 1 saturated heterocycles. The molecule has 3 fully saturated rings. The summed E-state index contributed by atoms with van der Waals surface area (Å²) in [6, 6.07) is 13.5. The molecule has 0 spiro atoms. The third kappa shape index (κ3) is 7.25. The van der Waals surface area contributed by atoms with Gasteiger partial charge in [0.25, 0.3) is 11.1 Å². The maximum atomic E-state index is 14.4. The number of aromatic nitrogens is 1. The van der Waals surface area contributed by atoms with E-state index in [-0.39, 0.29) is 31.2 Å². The van der Waals surface area contributed by atoms with Gasteiger partial charge in [0.05, 0.1) is 29.1 Å². The molecule has 0 radical (unpaired) electrons. The third-order valence-corrected chi connectivity index (χ3v) is 12.5. The number of benzene rings is 2. The van der Waals surface area contributed by atoms with Crippen LogP contribution in [0.1, 0.15) is 57.8 Å². The number of hydrogen-bond donors (Lipinski definition) is 3. The highest BCUT2D eigenvalue weighted by atomic mass is 32.2. The largest absolute Gasteiger partial charge is 0.497 e. The lowest BCUT2D eigenvalue weighted by Gasteiger charge is -2.30. The van der Waals surface area contributed by atoms with Gasteiger partial charge >= 0.3 is 0 Å². The van der Waals surface area contributed by atoms with Crippen LogP contribution in [0.4, 0.5) is 5.69 Å². The van der Waals surface area contributed by atoms with Crippen molar-refractivity contribution in [1.29, 1.82) is 0 Å². The second-order valence-electron chi connectivity index (χ2n) is 13.4. The molecule has 3 amide bonds. The summed E-state index contributed by atoms with van der Waals surface area (Å²) in [5.74, 6) is -1.15. The smallest absolute Gasteiger partial charge is 0.274 e. The Hall–Kier alpha value is -4.17. The Morgan fingerprint density at radius 3 is 2.67 bits per heavy atom. The van der Waals surface area contributed by atoms with Crippen molar-refractivity contribution in [2.45, 2.75) is 86.8 Å². The zero-order chi connectivity index (χ0) is 34.2. The SMILES string of the molecule is COc1ccc2nc(O[C@@H]3C[C@H]4C(=O)N[C@]5(C(=O)NS(=O)(=O)C6CC6)C[C@H]5C=CCCCCC[C@H](Nc5ccccc5)C(=O)N4C3)sc2c1. The predicted molar refractivity (Wildman–Crippen MR) is 186 cm³/mol. The number of carbonyl (C=O) groups is 3. The zero-order valence-corrected chi connectivity index (χ0v) is 28.9. The van der Waals surface area contributed by atoms with E-state index in [4.69, 9.17) is 9.47 Å². The van der Waals surface area contributed by atoms with E-state index in [1.54, 1.807) is 12.0 Å². The van der Waals surface area contributed by atoms with Crippen molar-refractivity contribution in [3.63, 3.8) is 0 Å². The molecule has 3 N–H and O–H groups in total. The fraction of sp³-hybridized carbons (Fsp3) is 0.486. The van der Waals surface area contributed by atoms with Crippen molar-refractivity contribution < 1.29 is 32.3 Å². The van der Waals surface area contributed by atoms with Gasteiger partial charge in [-0.3, -0.25) is 19.1 Å². The van der Waals surface area contributed by atoms with E-state index in [0.29, 0.717) is 30.2 Å². The molecule has 260 valence electrons. The molecule has 5 atom stereocenters. The molecule has 0 unspecified atom stereocenters. The van der Waals surface area contributed by atoms with E-state index in [2.05, 4.69) is 20.3 Å². The van der Waals surface area contributed by atoms with Crippen LogP contribution in [0, 0.1) is 5.92 Å². The summed E-state index contributed by atoms with van der Waals surface area (Å²) >= 11 is 1.35. The van der Waals surface area contributed by atoms with Crippen LogP contribution < -0.4 is 24.8 Å². The molecule has 1 aromatic heterocycles. The van der Waals surface area contributed by atoms with Crippen LogP contribution in [-0.2, 0) is 24.4 Å². The monoisotopic (exact) mass is 707 g/mol. The Morgan fingerprint density at radius 2 is 1.90 bits per heavy atom. The fourth-order valence-electron chi connectivity index (χ4n) is 6.79. The number of nitrogens with one attached hydrogen (secondary N) is 3. The zero-order valence-electron chi connectivity index (χ0n) is 27.3. The highest BCUT2D eigenvalue weighted by molar-refractivity contribution is 7.91. The van der Waals surface area contributed by atoms with Crippen LogP contribution in [-0.4, -0.2) is 78.7 Å². The molecule has 3 heterocycles. The summed E-state index contributed by atoms with van der Waals surface area (Å²) in [6.07, 6.45) is 8.77. The van der Waals surface area contributed by atoms with Gasteiger partial charge in [0, 0.05) is 18.0 Å². The first kappa shape index (κ1) is 33.3. The molecule has 2 aliphatic heterocycles. The number of carbonyl (C=O) groups excluding carboxylic acids is 3. The number of methoxy groups -OCH3 is 1. The molecule has 7 rings (SSSR count). The van der Waals surface area contributed by atoms with E-state index in [1.165, 1.54) is 11.3 Å². The molecule has 3 aromatic rings. The van der Waals surface area contributed by atoms with Gasteiger partial charge in [-0.25, -0.2) is 13.4 Å². The summed E-state index contributed by atoms with van der Waals surface area (Å²) in [7, 11) is -2.24. The average Bonchev–Trinajstić information content (AvgIpc) is 3.98. The summed E-state index contributed by atoms with van der Waals surface area (Å²) < 4.78 is 40.3. The number of ether oxygens (including phenoxy) is 2. The summed E-state index contributed by atoms with van der Waals surface area (Å²) in [5.41, 5.74) is 0.126. The minimum atomic E-state index is -3.83. The Morgan fingerprint density at radius 1 is 1.08 bits per heavy atom. The minimum Gasteiger partial charge on any atom is -0.497 e. The van der Waals surface area contributed by atoms with Crippen molar-refractivity contribution in [3.05, 3.63) is 60.7 Å². The number of para-hydroxylation sites is 1. The van der Waals surface area contributed by atoms with Crippen LogP contribution in [0.2, 0.25) is 0 Å². The van der Waals surface area contributed by atoms with Gasteiger partial charge in [0.15, 0.2) is 0 Å². The lowest BCUT2D eigenvalue weighted by molar-refractivity contribution is -0.140. The van der Waals surface area contributed by atoms with Crippen molar-refractivity contribution in [1.82, 2.24) is 19.9 Å². The van der Waals surface area contributed by atoms with Gasteiger partial charge in [-0.15, -0.1) is 0 Å². The Balaban J connectivity index is 1.18. The van der Waals surface area contributed by atoms with E-state index in [9.17, 15) is 22.8 Å². The van der Waals surface area contributed by atoms with E-state index in [1.807, 2.05) is 60.7 Å². The lowest BCUT2D eigenvalue weighted by Crippen LogP contribution is -2.57. The fourth-order valence-corrected chi connectivity index (χ4v) is 9.06. The number of rotatable bonds is 8. The van der Waals surface area contributed by atoms with Crippen LogP contribution in [0.25, 0.3) is 10.2 Å². The standard InChI is InChI=1S/C35H41N5O7S2/c1-46-24-14-17-27-30(19-24)48-34(37-27)47-25-18-29-31(41)38-35(33(43)39-49(44,45)26-15-16-26)20-22(35)10-6-3-2-4-9-13-28(32(42)40(29)21-25)36-23-11-7-5-8-12-23/h5-8,10-12,14,17,19,22,25-26,28-29,36H,2-4,9,13,15-16,18,20-21H2,1H3,(H,38,41)(H,39,43)/t22-,25-,28+,29+,35-/m1/s1. The number of allylic oxidation sites excluding steroid dienone is 1. The third-order valence-electron chi connectivity index (χ3n) is 9.80. The second-order valence-corrected chi connectivity index (χ2v) is 16.3. The lowest BCUT2D eigenvalue weighted by atomic mass is 10.0. The molecule has 49 heavy (non-hydrogen) atoms. The van der Waals surface area contributed by atoms with Crippen LogP contribution in [0.3, 0.4) is 0 Å². The van der Waals surface area contributed by atoms with Gasteiger partial charge in [0.1, 0.15) is 29.5 Å². The molecule has 0 bridgehead atoms. The number of hydrogen-bond acceptors (Lipinski definition) is 10. The van der Waals surface area contributed by atoms with Gasteiger partial charge in [-0.2, -0.15) is 0 Å². The van der Waals surface area contributed by atoms with Gasteiger partial charge in [-0.1, -0.05) is 54.5 Å². The predicted octanol–water partition coefficient (Wildman–Crippen LogP) is 4.14. The molecule has 2 aromatic carbocycles. The first-order valence-corrected chi connectivity index (χ1v) is 19.3. The van der Waals surface area contributed by atoms with Crippen LogP contribution in [0.15, 0.2) is 60.7 Å². The maximum Gasteiger partial charge on any atom is 0.274 e. The summed E-state index contributed by atoms with van der Waals surface area (Å²) in [6.45, 7) is 0.141. The molecule has 4 aliphatic rings. The molecular formula is C35H41N5O7S2. The molecule has 2 saturated carbocycles. The van der Waals surface area contributed by atoms with Crippen LogP contribution in [0.5, 0.6) is 10.9 Å². The van der Waals surface area contributed by atoms with E-state index in [0.717, 1.165) is 41.6 Å². The van der Waals surface area contributed by atoms with Gasteiger partial charge < -0.3 is 25.0 Å².